The summed E-state index contributed by atoms with van der Waals surface area (Å²) in [5.41, 5.74) is 0.733. The van der Waals surface area contributed by atoms with Crippen LogP contribution in [-0.4, -0.2) is 33.0 Å². The van der Waals surface area contributed by atoms with E-state index in [0.717, 1.165) is 12.5 Å². The summed E-state index contributed by atoms with van der Waals surface area (Å²) in [5, 5.41) is 8.79. The normalized spacial score (nSPS) is 15.3. The molecule has 0 aromatic heterocycles. The van der Waals surface area contributed by atoms with Gasteiger partial charge in [0, 0.05) is 13.3 Å². The molecule has 0 saturated carbocycles. The lowest BCUT2D eigenvalue weighted by molar-refractivity contribution is -0.137. The minimum Gasteiger partial charge on any atom is -0.481 e. The molecule has 2 N–H and O–H groups in total. The molecule has 0 heterocycles. The Morgan fingerprint density at radius 1 is 1.24 bits per heavy atom. The van der Waals surface area contributed by atoms with E-state index in [4.69, 9.17) is 9.84 Å². The number of carboxylic acids is 1. The minimum absolute atomic E-state index is 0.262. The van der Waals surface area contributed by atoms with Gasteiger partial charge in [-0.3, -0.25) is 14.3 Å². The number of ether oxygens (including phenoxy) is 1. The highest BCUT2D eigenvalue weighted by atomic mass is 32.2. The number of carboxylic acid groups (broad SMARTS) is 1. The van der Waals surface area contributed by atoms with Gasteiger partial charge in [0.15, 0.2) is 0 Å². The topological polar surface area (TPSA) is 122 Å². The molecule has 0 spiro atoms. The number of rotatable bonds is 7. The predicted molar refractivity (Wildman–Crippen MR) is 92.0 cm³/mol. The van der Waals surface area contributed by atoms with Crippen LogP contribution in [0.25, 0.3) is 0 Å². The Morgan fingerprint density at radius 3 is 2.36 bits per heavy atom. The molecular formula is C16H22N2O6S. The molecule has 0 aliphatic carbocycles. The summed E-state index contributed by atoms with van der Waals surface area (Å²) in [5.74, 6) is -2.54. The van der Waals surface area contributed by atoms with Gasteiger partial charge in [0.2, 0.25) is 5.91 Å². The first-order valence-electron chi connectivity index (χ1n) is 7.62. The van der Waals surface area contributed by atoms with Crippen LogP contribution < -0.4 is 4.72 Å². The first kappa shape index (κ1) is 20.6. The molecule has 1 aromatic carbocycles. The minimum atomic E-state index is -3.47. The highest BCUT2D eigenvalue weighted by Gasteiger charge is 2.21. The van der Waals surface area contributed by atoms with E-state index in [1.54, 1.807) is 38.1 Å². The van der Waals surface area contributed by atoms with Gasteiger partial charge in [0.25, 0.3) is 0 Å². The lowest BCUT2D eigenvalue weighted by atomic mass is 10.1. The third-order valence-corrected chi connectivity index (χ3v) is 5.18. The molecule has 9 heteroatoms. The van der Waals surface area contributed by atoms with Crippen molar-refractivity contribution >= 4 is 27.9 Å². The van der Waals surface area contributed by atoms with Crippen LogP contribution >= 0.6 is 0 Å². The number of nitrogens with zero attached hydrogens (tertiary/aromatic N) is 1. The van der Waals surface area contributed by atoms with E-state index in [-0.39, 0.29) is 12.2 Å². The SMILES string of the molecule is CC(=O)NS(=O)(C[C@@H](C)CC(=O)O)=NC(=O)O[C@@H](C)c1ccccc1. The second-order valence-electron chi connectivity index (χ2n) is 5.70. The Morgan fingerprint density at radius 2 is 1.84 bits per heavy atom. The fourth-order valence-corrected chi connectivity index (χ4v) is 3.98. The van der Waals surface area contributed by atoms with Gasteiger partial charge >= 0.3 is 12.1 Å². The summed E-state index contributed by atoms with van der Waals surface area (Å²) in [6.45, 7) is 4.31. The summed E-state index contributed by atoms with van der Waals surface area (Å²) in [4.78, 5) is 34.0. The molecule has 8 nitrogen and oxygen atoms in total. The summed E-state index contributed by atoms with van der Waals surface area (Å²) in [7, 11) is -3.47. The van der Waals surface area contributed by atoms with E-state index in [9.17, 15) is 18.6 Å². The number of nitrogens with one attached hydrogen (secondary N) is 1. The van der Waals surface area contributed by atoms with Crippen molar-refractivity contribution in [3.05, 3.63) is 35.9 Å². The molecule has 0 saturated heterocycles. The average Bonchev–Trinajstić information content (AvgIpc) is 2.45. The molecule has 138 valence electrons. The zero-order valence-electron chi connectivity index (χ0n) is 14.3. The molecular weight excluding hydrogens is 348 g/mol. The van der Waals surface area contributed by atoms with Crippen LogP contribution in [0.15, 0.2) is 34.7 Å². The number of hydrogen-bond donors (Lipinski definition) is 2. The maximum Gasteiger partial charge on any atom is 0.443 e. The van der Waals surface area contributed by atoms with Crippen molar-refractivity contribution < 1.29 is 28.4 Å². The second kappa shape index (κ2) is 9.16. The van der Waals surface area contributed by atoms with Crippen LogP contribution in [0.1, 0.15) is 38.9 Å². The summed E-state index contributed by atoms with van der Waals surface area (Å²) >= 11 is 0. The van der Waals surface area contributed by atoms with Crippen molar-refractivity contribution in [2.45, 2.75) is 33.3 Å². The molecule has 1 rings (SSSR count). The molecule has 0 bridgehead atoms. The molecule has 1 unspecified atom stereocenters. The lowest BCUT2D eigenvalue weighted by Gasteiger charge is -2.15. The van der Waals surface area contributed by atoms with Crippen LogP contribution in [0.4, 0.5) is 4.79 Å². The van der Waals surface area contributed by atoms with Gasteiger partial charge in [-0.1, -0.05) is 37.3 Å². The monoisotopic (exact) mass is 370 g/mol. The Balaban J connectivity index is 2.93. The Kier molecular flexibility index (Phi) is 7.56. The standard InChI is InChI=1S/C16H22N2O6S/c1-11(9-15(20)21)10-25(23,17-13(3)19)18-16(22)24-12(2)14-7-5-4-6-8-14/h4-8,11-12H,9-10H2,1-3H3,(H,20,21)(H,17,18,19,22,23)/t11-,12-,25?/m0/s1. The maximum atomic E-state index is 12.7. The van der Waals surface area contributed by atoms with Crippen LogP contribution in [-0.2, 0) is 24.2 Å². The van der Waals surface area contributed by atoms with E-state index in [1.807, 2.05) is 6.07 Å². The largest absolute Gasteiger partial charge is 0.481 e. The van der Waals surface area contributed by atoms with Crippen molar-refractivity contribution in [2.24, 2.45) is 10.3 Å². The number of amides is 2. The van der Waals surface area contributed by atoms with Gasteiger partial charge in [0.1, 0.15) is 16.0 Å². The molecule has 0 radical (unpaired) electrons. The van der Waals surface area contributed by atoms with Gasteiger partial charge in [-0.15, -0.1) is 4.36 Å². The number of carbonyl (C=O) groups is 3. The smallest absolute Gasteiger partial charge is 0.443 e. The van der Waals surface area contributed by atoms with Crippen LogP contribution in [0.2, 0.25) is 0 Å². The molecule has 25 heavy (non-hydrogen) atoms. The van der Waals surface area contributed by atoms with Crippen molar-refractivity contribution in [2.75, 3.05) is 5.75 Å². The Bertz CT molecular complexity index is 740. The quantitative estimate of drug-likeness (QED) is 0.760. The predicted octanol–water partition coefficient (Wildman–Crippen LogP) is 2.51. The van der Waals surface area contributed by atoms with Gasteiger partial charge in [0.05, 0.1) is 5.75 Å². The Labute approximate surface area is 146 Å². The van der Waals surface area contributed by atoms with Crippen molar-refractivity contribution in [3.8, 4) is 0 Å². The van der Waals surface area contributed by atoms with Gasteiger partial charge in [-0.05, 0) is 18.4 Å². The number of carbonyl (C=O) groups excluding carboxylic acids is 2. The summed E-state index contributed by atoms with van der Waals surface area (Å²) in [6.07, 6.45) is -1.96. The van der Waals surface area contributed by atoms with Gasteiger partial charge in [-0.25, -0.2) is 9.00 Å². The summed E-state index contributed by atoms with van der Waals surface area (Å²) < 4.78 is 23.5. The fraction of sp³-hybridized carbons (Fsp3) is 0.438. The van der Waals surface area contributed by atoms with E-state index in [0.29, 0.717) is 0 Å². The molecule has 0 fully saturated rings. The van der Waals surface area contributed by atoms with Gasteiger partial charge < -0.3 is 9.84 Å². The molecule has 0 aliphatic rings. The molecule has 2 amide bonds. The average molecular weight is 370 g/mol. The van der Waals surface area contributed by atoms with Crippen LogP contribution in [0.3, 0.4) is 0 Å². The number of hydrogen-bond acceptors (Lipinski definition) is 5. The highest BCUT2D eigenvalue weighted by Crippen LogP contribution is 2.17. The van der Waals surface area contributed by atoms with Crippen molar-refractivity contribution in [1.29, 1.82) is 0 Å². The second-order valence-corrected chi connectivity index (χ2v) is 7.70. The van der Waals surface area contributed by atoms with Gasteiger partial charge in [-0.2, -0.15) is 0 Å². The van der Waals surface area contributed by atoms with Crippen LogP contribution in [0.5, 0.6) is 0 Å². The van der Waals surface area contributed by atoms with Crippen molar-refractivity contribution in [1.82, 2.24) is 4.72 Å². The third kappa shape index (κ3) is 7.79. The molecule has 0 aliphatic heterocycles. The van der Waals surface area contributed by atoms with E-state index in [1.165, 1.54) is 0 Å². The van der Waals surface area contributed by atoms with E-state index >= 15 is 0 Å². The number of benzene rings is 1. The molecule has 3 atom stereocenters. The highest BCUT2D eigenvalue weighted by molar-refractivity contribution is 7.92. The first-order chi connectivity index (χ1) is 11.6. The van der Waals surface area contributed by atoms with E-state index in [2.05, 4.69) is 9.08 Å². The zero-order valence-corrected chi connectivity index (χ0v) is 15.1. The fourth-order valence-electron chi connectivity index (χ4n) is 2.15. The third-order valence-electron chi connectivity index (χ3n) is 3.11. The summed E-state index contributed by atoms with van der Waals surface area (Å²) in [6, 6.07) is 8.90. The zero-order chi connectivity index (χ0) is 19.0. The number of aliphatic carboxylic acids is 1. The van der Waals surface area contributed by atoms with Crippen molar-refractivity contribution in [3.63, 3.8) is 0 Å². The lowest BCUT2D eigenvalue weighted by Crippen LogP contribution is -2.34. The first-order valence-corrected chi connectivity index (χ1v) is 9.30. The Hall–Kier alpha value is -2.42. The van der Waals surface area contributed by atoms with E-state index < -0.39 is 39.9 Å². The maximum absolute atomic E-state index is 12.7. The molecule has 1 aromatic rings. The van der Waals surface area contributed by atoms with Crippen LogP contribution in [0, 0.1) is 5.92 Å².